The summed E-state index contributed by atoms with van der Waals surface area (Å²) in [5, 5.41) is 11.5. The monoisotopic (exact) mass is 309 g/mol. The number of rotatable bonds is 4. The van der Waals surface area contributed by atoms with Crippen molar-refractivity contribution in [2.45, 2.75) is 26.3 Å². The van der Waals surface area contributed by atoms with Crippen molar-refractivity contribution in [1.82, 2.24) is 20.3 Å². The van der Waals surface area contributed by atoms with Crippen LogP contribution in [0.4, 0.5) is 17.3 Å². The van der Waals surface area contributed by atoms with Crippen LogP contribution < -0.4 is 15.8 Å². The van der Waals surface area contributed by atoms with Crippen molar-refractivity contribution < 1.29 is 4.92 Å². The Balaban J connectivity index is 2.28. The Morgan fingerprint density at radius 3 is 2.41 bits per heavy atom. The Labute approximate surface area is 129 Å². The summed E-state index contributed by atoms with van der Waals surface area (Å²) >= 11 is 0. The van der Waals surface area contributed by atoms with Crippen LogP contribution in [0.25, 0.3) is 0 Å². The lowest BCUT2D eigenvalue weighted by atomic mass is 10.1. The molecule has 2 rings (SSSR count). The van der Waals surface area contributed by atoms with Crippen LogP contribution in [0.15, 0.2) is 6.33 Å². The molecule has 9 heteroatoms. The first-order chi connectivity index (χ1) is 10.3. The molecule has 0 unspecified atom stereocenters. The summed E-state index contributed by atoms with van der Waals surface area (Å²) in [6.07, 6.45) is 1.35. The predicted octanol–water partition coefficient (Wildman–Crippen LogP) is 0.852. The first kappa shape index (κ1) is 16.4. The lowest BCUT2D eigenvalue weighted by molar-refractivity contribution is -0.383. The molecule has 0 amide bonds. The summed E-state index contributed by atoms with van der Waals surface area (Å²) in [5.74, 6) is 0.551. The summed E-state index contributed by atoms with van der Waals surface area (Å²) in [5.41, 5.74) is 5.51. The van der Waals surface area contributed by atoms with Crippen molar-refractivity contribution in [2.24, 2.45) is 0 Å². The van der Waals surface area contributed by atoms with Crippen LogP contribution in [-0.4, -0.2) is 58.6 Å². The first-order valence-electron chi connectivity index (χ1n) is 7.24. The molecule has 1 aromatic rings. The van der Waals surface area contributed by atoms with Gasteiger partial charge < -0.3 is 9.80 Å². The van der Waals surface area contributed by atoms with Gasteiger partial charge in [0.05, 0.1) is 4.92 Å². The zero-order chi connectivity index (χ0) is 16.3. The third-order valence-electron chi connectivity index (χ3n) is 3.34. The van der Waals surface area contributed by atoms with E-state index in [0.717, 1.165) is 13.1 Å². The van der Waals surface area contributed by atoms with Gasteiger partial charge in [0.15, 0.2) is 0 Å². The van der Waals surface area contributed by atoms with E-state index in [4.69, 9.17) is 0 Å². The molecule has 1 aliphatic rings. The molecule has 0 aromatic carbocycles. The Morgan fingerprint density at radius 1 is 1.23 bits per heavy atom. The summed E-state index contributed by atoms with van der Waals surface area (Å²) < 4.78 is 0. The van der Waals surface area contributed by atoms with Gasteiger partial charge in [-0.3, -0.25) is 15.5 Å². The molecule has 9 nitrogen and oxygen atoms in total. The number of nitro groups is 1. The van der Waals surface area contributed by atoms with Gasteiger partial charge in [0.1, 0.15) is 6.33 Å². The molecule has 0 bridgehead atoms. The minimum Gasteiger partial charge on any atom is -0.348 e. The topological polar surface area (TPSA) is 99.5 Å². The number of nitrogens with zero attached hydrogens (tertiary/aromatic N) is 5. The van der Waals surface area contributed by atoms with Crippen molar-refractivity contribution in [3.63, 3.8) is 0 Å². The molecule has 1 aliphatic heterocycles. The fourth-order valence-corrected chi connectivity index (χ4v) is 2.13. The zero-order valence-electron chi connectivity index (χ0n) is 13.5. The Kier molecular flexibility index (Phi) is 4.77. The van der Waals surface area contributed by atoms with Crippen LogP contribution in [-0.2, 0) is 0 Å². The van der Waals surface area contributed by atoms with E-state index in [0.29, 0.717) is 18.9 Å². The van der Waals surface area contributed by atoms with E-state index in [9.17, 15) is 10.1 Å². The molecule has 22 heavy (non-hydrogen) atoms. The average Bonchev–Trinajstić information content (AvgIpc) is 2.44. The lowest BCUT2D eigenvalue weighted by Gasteiger charge is -2.32. The van der Waals surface area contributed by atoms with E-state index in [1.54, 1.807) is 0 Å². The Morgan fingerprint density at radius 2 is 1.86 bits per heavy atom. The van der Waals surface area contributed by atoms with E-state index in [-0.39, 0.29) is 17.0 Å². The molecule has 1 saturated heterocycles. The SMILES string of the molecule is CN1CCN(c2ncnc(NNC(C)(C)C)c2[N+](=O)[O-])CC1. The Bertz CT molecular complexity index is 536. The standard InChI is InChI=1S/C13H23N7O2/c1-13(2,3)17-16-11-10(20(21)22)12(15-9-14-11)19-7-5-18(4)6-8-19/h9,17H,5-8H2,1-4H3,(H,14,15,16). The molecule has 1 aromatic heterocycles. The highest BCUT2D eigenvalue weighted by Crippen LogP contribution is 2.31. The van der Waals surface area contributed by atoms with Crippen molar-refractivity contribution >= 4 is 17.3 Å². The van der Waals surface area contributed by atoms with E-state index in [1.165, 1.54) is 6.33 Å². The van der Waals surface area contributed by atoms with Crippen molar-refractivity contribution in [3.8, 4) is 0 Å². The molecule has 0 atom stereocenters. The number of nitrogens with one attached hydrogen (secondary N) is 2. The van der Waals surface area contributed by atoms with E-state index in [1.807, 2.05) is 32.7 Å². The van der Waals surface area contributed by atoms with Crippen LogP contribution in [0, 0.1) is 10.1 Å². The van der Waals surface area contributed by atoms with Gasteiger partial charge in [0.25, 0.3) is 0 Å². The largest absolute Gasteiger partial charge is 0.354 e. The van der Waals surface area contributed by atoms with Gasteiger partial charge in [-0.2, -0.15) is 0 Å². The summed E-state index contributed by atoms with van der Waals surface area (Å²) in [4.78, 5) is 23.3. The quantitative estimate of drug-likeness (QED) is 0.624. The fourth-order valence-electron chi connectivity index (χ4n) is 2.13. The summed E-state index contributed by atoms with van der Waals surface area (Å²) in [6.45, 7) is 8.98. The molecule has 0 aliphatic carbocycles. The number of aromatic nitrogens is 2. The van der Waals surface area contributed by atoms with E-state index >= 15 is 0 Å². The maximum Gasteiger partial charge on any atom is 0.354 e. The summed E-state index contributed by atoms with van der Waals surface area (Å²) in [7, 11) is 2.03. The maximum absolute atomic E-state index is 11.5. The molecule has 0 saturated carbocycles. The first-order valence-corrected chi connectivity index (χ1v) is 7.24. The third kappa shape index (κ3) is 4.01. The van der Waals surface area contributed by atoms with Crippen LogP contribution in [0.1, 0.15) is 20.8 Å². The fraction of sp³-hybridized carbons (Fsp3) is 0.692. The second kappa shape index (κ2) is 6.41. The van der Waals surface area contributed by atoms with E-state index in [2.05, 4.69) is 25.7 Å². The van der Waals surface area contributed by atoms with Crippen LogP contribution in [0.2, 0.25) is 0 Å². The van der Waals surface area contributed by atoms with Gasteiger partial charge in [-0.1, -0.05) is 0 Å². The van der Waals surface area contributed by atoms with Gasteiger partial charge in [-0.25, -0.2) is 15.4 Å². The average molecular weight is 309 g/mol. The van der Waals surface area contributed by atoms with Gasteiger partial charge in [0.2, 0.25) is 11.6 Å². The molecular formula is C13H23N7O2. The lowest BCUT2D eigenvalue weighted by Crippen LogP contribution is -2.45. The van der Waals surface area contributed by atoms with E-state index < -0.39 is 4.92 Å². The van der Waals surface area contributed by atoms with Crippen molar-refractivity contribution in [1.29, 1.82) is 0 Å². The number of piperazine rings is 1. The van der Waals surface area contributed by atoms with Crippen LogP contribution >= 0.6 is 0 Å². The smallest absolute Gasteiger partial charge is 0.348 e. The second-order valence-electron chi connectivity index (χ2n) is 6.44. The van der Waals surface area contributed by atoms with Gasteiger partial charge >= 0.3 is 5.69 Å². The summed E-state index contributed by atoms with van der Waals surface area (Å²) in [6, 6.07) is 0. The third-order valence-corrected chi connectivity index (χ3v) is 3.34. The minimum absolute atomic E-state index is 0.0937. The number of hydrazine groups is 1. The van der Waals surface area contributed by atoms with Gasteiger partial charge in [-0.05, 0) is 27.8 Å². The minimum atomic E-state index is -0.430. The highest BCUT2D eigenvalue weighted by Gasteiger charge is 2.29. The number of anilines is 2. The molecule has 2 N–H and O–H groups in total. The molecule has 2 heterocycles. The Hall–Kier alpha value is -2.00. The van der Waals surface area contributed by atoms with Crippen molar-refractivity contribution in [3.05, 3.63) is 16.4 Å². The molecule has 1 fully saturated rings. The molecular weight excluding hydrogens is 286 g/mol. The van der Waals surface area contributed by atoms with Gasteiger partial charge in [-0.15, -0.1) is 0 Å². The predicted molar refractivity (Wildman–Crippen MR) is 84.9 cm³/mol. The highest BCUT2D eigenvalue weighted by molar-refractivity contribution is 5.70. The molecule has 0 radical (unpaired) electrons. The van der Waals surface area contributed by atoms with Crippen LogP contribution in [0.5, 0.6) is 0 Å². The second-order valence-corrected chi connectivity index (χ2v) is 6.44. The maximum atomic E-state index is 11.5. The van der Waals surface area contributed by atoms with Gasteiger partial charge in [0, 0.05) is 31.7 Å². The molecule has 0 spiro atoms. The number of hydrogen-bond donors (Lipinski definition) is 2. The van der Waals surface area contributed by atoms with Crippen molar-refractivity contribution in [2.75, 3.05) is 43.6 Å². The van der Waals surface area contributed by atoms with Crippen LogP contribution in [0.3, 0.4) is 0 Å². The number of likely N-dealkylation sites (N-methyl/N-ethyl adjacent to an activating group) is 1. The zero-order valence-corrected chi connectivity index (χ0v) is 13.5. The molecule has 122 valence electrons. The normalized spacial score (nSPS) is 16.6. The highest BCUT2D eigenvalue weighted by atomic mass is 16.6. The number of hydrogen-bond acceptors (Lipinski definition) is 8.